The molecule has 1 aromatic heterocycles. The average Bonchev–Trinajstić information content (AvgIpc) is 2.47. The molecule has 2 rings (SSSR count). The first kappa shape index (κ1) is 15.5. The molecule has 0 aliphatic heterocycles. The summed E-state index contributed by atoms with van der Waals surface area (Å²) in [5.74, 6) is 0.306. The molecule has 0 bridgehead atoms. The lowest BCUT2D eigenvalue weighted by atomic mass is 10.3. The highest BCUT2D eigenvalue weighted by molar-refractivity contribution is 9.10. The van der Waals surface area contributed by atoms with Crippen molar-refractivity contribution in [3.63, 3.8) is 0 Å². The molecular formula is C14H15BrFN3O2. The van der Waals surface area contributed by atoms with Crippen molar-refractivity contribution >= 4 is 21.6 Å². The summed E-state index contributed by atoms with van der Waals surface area (Å²) in [7, 11) is 3.43. The number of ether oxygens (including phenoxy) is 1. The highest BCUT2D eigenvalue weighted by atomic mass is 79.9. The molecule has 0 atom stereocenters. The molecule has 0 fully saturated rings. The Hall–Kier alpha value is -1.89. The van der Waals surface area contributed by atoms with Crippen LogP contribution in [0.2, 0.25) is 0 Å². The Balaban J connectivity index is 1.96. The van der Waals surface area contributed by atoms with Crippen molar-refractivity contribution in [2.45, 2.75) is 0 Å². The number of nitrogens with zero attached hydrogens (tertiary/aromatic N) is 3. The van der Waals surface area contributed by atoms with Gasteiger partial charge in [-0.05, 0) is 40.2 Å². The Morgan fingerprint density at radius 2 is 2.05 bits per heavy atom. The van der Waals surface area contributed by atoms with E-state index >= 15 is 0 Å². The number of halogens is 2. The van der Waals surface area contributed by atoms with Gasteiger partial charge in [0.1, 0.15) is 22.6 Å². The number of rotatable bonds is 5. The summed E-state index contributed by atoms with van der Waals surface area (Å²) in [5.41, 5.74) is 0.500. The van der Waals surface area contributed by atoms with E-state index in [1.807, 2.05) is 11.9 Å². The van der Waals surface area contributed by atoms with Crippen molar-refractivity contribution in [2.24, 2.45) is 7.05 Å². The zero-order valence-corrected chi connectivity index (χ0v) is 13.3. The topological polar surface area (TPSA) is 47.4 Å². The number of hydrogen-bond acceptors (Lipinski definition) is 4. The van der Waals surface area contributed by atoms with E-state index in [2.05, 4.69) is 21.0 Å². The van der Waals surface area contributed by atoms with Gasteiger partial charge in [0.05, 0.1) is 18.4 Å². The van der Waals surface area contributed by atoms with Gasteiger partial charge in [-0.2, -0.15) is 5.10 Å². The number of likely N-dealkylation sites (N-methyl/N-ethyl adjacent to an activating group) is 1. The van der Waals surface area contributed by atoms with Crippen LogP contribution in [-0.2, 0) is 7.05 Å². The predicted octanol–water partition coefficient (Wildman–Crippen LogP) is 2.20. The van der Waals surface area contributed by atoms with Gasteiger partial charge in [0, 0.05) is 14.1 Å². The average molecular weight is 356 g/mol. The second kappa shape index (κ2) is 6.71. The molecule has 1 heterocycles. The van der Waals surface area contributed by atoms with Crippen molar-refractivity contribution < 1.29 is 9.13 Å². The van der Waals surface area contributed by atoms with E-state index in [0.717, 1.165) is 0 Å². The molecule has 0 N–H and O–H groups in total. The number of hydrogen-bond donors (Lipinski definition) is 0. The van der Waals surface area contributed by atoms with E-state index < -0.39 is 0 Å². The van der Waals surface area contributed by atoms with Crippen LogP contribution in [0.1, 0.15) is 0 Å². The molecule has 0 saturated heterocycles. The molecule has 5 nitrogen and oxygen atoms in total. The number of benzene rings is 1. The molecule has 0 spiro atoms. The van der Waals surface area contributed by atoms with Crippen LogP contribution in [0.3, 0.4) is 0 Å². The summed E-state index contributed by atoms with van der Waals surface area (Å²) in [5, 5.41) is 3.99. The smallest absolute Gasteiger partial charge is 0.282 e. The molecule has 2 aromatic rings. The van der Waals surface area contributed by atoms with Crippen LogP contribution < -0.4 is 15.2 Å². The molecule has 0 radical (unpaired) electrons. The van der Waals surface area contributed by atoms with Crippen LogP contribution in [-0.4, -0.2) is 30.0 Å². The van der Waals surface area contributed by atoms with Gasteiger partial charge >= 0.3 is 0 Å². The standard InChI is InChI=1S/C14H15BrFN3O2/c1-18(12-9-17-19(2)14(20)13(12)15)7-8-21-11-5-3-10(16)4-6-11/h3-6,9H,7-8H2,1-2H3. The Morgan fingerprint density at radius 1 is 1.38 bits per heavy atom. The highest BCUT2D eigenvalue weighted by Crippen LogP contribution is 2.19. The minimum atomic E-state index is -0.297. The summed E-state index contributed by atoms with van der Waals surface area (Å²) >= 11 is 3.28. The zero-order valence-electron chi connectivity index (χ0n) is 11.7. The highest BCUT2D eigenvalue weighted by Gasteiger charge is 2.11. The van der Waals surface area contributed by atoms with E-state index in [1.165, 1.54) is 16.8 Å². The first-order valence-electron chi connectivity index (χ1n) is 6.30. The fourth-order valence-electron chi connectivity index (χ4n) is 1.72. The Morgan fingerprint density at radius 3 is 2.71 bits per heavy atom. The summed E-state index contributed by atoms with van der Waals surface area (Å²) < 4.78 is 20.0. The van der Waals surface area contributed by atoms with Crippen LogP contribution in [0.15, 0.2) is 39.7 Å². The maximum absolute atomic E-state index is 12.8. The van der Waals surface area contributed by atoms with Crippen molar-refractivity contribution in [2.75, 3.05) is 25.1 Å². The van der Waals surface area contributed by atoms with Crippen LogP contribution in [0.5, 0.6) is 5.75 Å². The molecule has 1 aromatic carbocycles. The maximum atomic E-state index is 12.8. The minimum absolute atomic E-state index is 0.196. The van der Waals surface area contributed by atoms with Crippen LogP contribution in [0.25, 0.3) is 0 Å². The summed E-state index contributed by atoms with van der Waals surface area (Å²) in [4.78, 5) is 13.6. The van der Waals surface area contributed by atoms with Crippen molar-refractivity contribution in [1.29, 1.82) is 0 Å². The van der Waals surface area contributed by atoms with Gasteiger partial charge < -0.3 is 9.64 Å². The third-order valence-corrected chi connectivity index (χ3v) is 3.73. The Bertz CT molecular complexity index is 673. The third kappa shape index (κ3) is 3.81. The molecule has 112 valence electrons. The SMILES string of the molecule is CN(CCOc1ccc(F)cc1)c1cnn(C)c(=O)c1Br. The molecule has 21 heavy (non-hydrogen) atoms. The van der Waals surface area contributed by atoms with E-state index in [4.69, 9.17) is 4.74 Å². The first-order valence-corrected chi connectivity index (χ1v) is 7.09. The van der Waals surface area contributed by atoms with Gasteiger partial charge in [-0.1, -0.05) is 0 Å². The van der Waals surface area contributed by atoms with Gasteiger partial charge in [0.15, 0.2) is 0 Å². The fourth-order valence-corrected chi connectivity index (χ4v) is 2.38. The second-order valence-electron chi connectivity index (χ2n) is 4.50. The van der Waals surface area contributed by atoms with Crippen LogP contribution in [0, 0.1) is 5.82 Å². The number of aryl methyl sites for hydroxylation is 1. The lowest BCUT2D eigenvalue weighted by Crippen LogP contribution is -2.28. The van der Waals surface area contributed by atoms with E-state index in [1.54, 1.807) is 25.4 Å². The fraction of sp³-hybridized carbons (Fsp3) is 0.286. The molecule has 0 unspecified atom stereocenters. The van der Waals surface area contributed by atoms with Gasteiger partial charge in [-0.3, -0.25) is 4.79 Å². The Labute approximate surface area is 130 Å². The van der Waals surface area contributed by atoms with Crippen molar-refractivity contribution in [1.82, 2.24) is 9.78 Å². The molecule has 0 saturated carbocycles. The van der Waals surface area contributed by atoms with Crippen molar-refractivity contribution in [3.05, 3.63) is 51.1 Å². The molecule has 0 aliphatic carbocycles. The summed E-state index contributed by atoms with van der Waals surface area (Å²) in [6.07, 6.45) is 1.61. The monoisotopic (exact) mass is 355 g/mol. The summed E-state index contributed by atoms with van der Waals surface area (Å²) in [6.45, 7) is 0.967. The van der Waals surface area contributed by atoms with Crippen LogP contribution in [0.4, 0.5) is 10.1 Å². The van der Waals surface area contributed by atoms with E-state index in [0.29, 0.717) is 29.1 Å². The van der Waals surface area contributed by atoms with Crippen molar-refractivity contribution in [3.8, 4) is 5.75 Å². The van der Waals surface area contributed by atoms with Gasteiger partial charge in [0.25, 0.3) is 5.56 Å². The lowest BCUT2D eigenvalue weighted by Gasteiger charge is -2.20. The third-order valence-electron chi connectivity index (χ3n) is 2.98. The lowest BCUT2D eigenvalue weighted by molar-refractivity contribution is 0.325. The van der Waals surface area contributed by atoms with E-state index in [-0.39, 0.29) is 11.4 Å². The number of aromatic nitrogens is 2. The molecule has 0 amide bonds. The molecular weight excluding hydrogens is 341 g/mol. The van der Waals surface area contributed by atoms with Gasteiger partial charge in [-0.15, -0.1) is 0 Å². The second-order valence-corrected chi connectivity index (χ2v) is 5.29. The molecule has 7 heteroatoms. The quantitative estimate of drug-likeness (QED) is 0.824. The van der Waals surface area contributed by atoms with Gasteiger partial charge in [0.2, 0.25) is 0 Å². The number of anilines is 1. The largest absolute Gasteiger partial charge is 0.492 e. The minimum Gasteiger partial charge on any atom is -0.492 e. The normalized spacial score (nSPS) is 10.5. The van der Waals surface area contributed by atoms with Gasteiger partial charge in [-0.25, -0.2) is 9.07 Å². The van der Waals surface area contributed by atoms with E-state index in [9.17, 15) is 9.18 Å². The zero-order chi connectivity index (χ0) is 15.4. The predicted molar refractivity (Wildman–Crippen MR) is 82.3 cm³/mol. The first-order chi connectivity index (χ1) is 9.99. The summed E-state index contributed by atoms with van der Waals surface area (Å²) in [6, 6.07) is 5.84. The maximum Gasteiger partial charge on any atom is 0.282 e. The van der Waals surface area contributed by atoms with Crippen LogP contribution >= 0.6 is 15.9 Å². The molecule has 0 aliphatic rings. The Kier molecular flexibility index (Phi) is 4.95.